The molecule has 0 atom stereocenters. The second-order valence-electron chi connectivity index (χ2n) is 18.3. The van der Waals surface area contributed by atoms with E-state index in [0.717, 1.165) is 28.2 Å². The molecular weight excluding hydrogens is 843 g/mol. The Balaban J connectivity index is 1.02. The normalized spacial score (nSPS) is 12.4. The molecule has 70 heavy (non-hydrogen) atoms. The minimum Gasteiger partial charge on any atom is -0.310 e. The van der Waals surface area contributed by atoms with Gasteiger partial charge in [0.05, 0.1) is 5.41 Å². The lowest BCUT2D eigenvalue weighted by atomic mass is 9.67. The lowest BCUT2D eigenvalue weighted by molar-refractivity contribution is 0.768. The minimum absolute atomic E-state index is 0.528. The quantitative estimate of drug-likeness (QED) is 0.131. The van der Waals surface area contributed by atoms with Crippen LogP contribution in [-0.4, -0.2) is 0 Å². The van der Waals surface area contributed by atoms with Crippen molar-refractivity contribution >= 4 is 38.6 Å². The van der Waals surface area contributed by atoms with E-state index in [2.05, 4.69) is 290 Å². The molecule has 1 nitrogen and oxygen atoms in total. The zero-order valence-corrected chi connectivity index (χ0v) is 38.6. The van der Waals surface area contributed by atoms with Crippen LogP contribution in [-0.2, 0) is 5.41 Å². The van der Waals surface area contributed by atoms with Gasteiger partial charge in [0, 0.05) is 17.1 Å². The molecule has 0 fully saturated rings. The summed E-state index contributed by atoms with van der Waals surface area (Å²) in [7, 11) is 0. The molecule has 0 unspecified atom stereocenters. The molecule has 0 amide bonds. The Morgan fingerprint density at radius 2 is 0.671 bits per heavy atom. The maximum Gasteiger partial charge on any atom is 0.0714 e. The van der Waals surface area contributed by atoms with Crippen molar-refractivity contribution in [3.05, 3.63) is 307 Å². The Morgan fingerprint density at radius 3 is 1.33 bits per heavy atom. The van der Waals surface area contributed by atoms with Gasteiger partial charge in [-0.15, -0.1) is 0 Å². The van der Waals surface area contributed by atoms with E-state index in [4.69, 9.17) is 0 Å². The van der Waals surface area contributed by atoms with Gasteiger partial charge in [0.1, 0.15) is 0 Å². The van der Waals surface area contributed by atoms with E-state index < -0.39 is 5.41 Å². The summed E-state index contributed by atoms with van der Waals surface area (Å²) in [5, 5.41) is 4.98. The second-order valence-corrected chi connectivity index (χ2v) is 18.3. The zero-order valence-electron chi connectivity index (χ0n) is 38.6. The monoisotopic (exact) mass is 889 g/mol. The summed E-state index contributed by atoms with van der Waals surface area (Å²) in [5.74, 6) is 0. The summed E-state index contributed by atoms with van der Waals surface area (Å²) >= 11 is 0. The van der Waals surface area contributed by atoms with Gasteiger partial charge < -0.3 is 4.90 Å². The Labute approximate surface area is 409 Å². The van der Waals surface area contributed by atoms with E-state index in [-0.39, 0.29) is 0 Å². The third-order valence-electron chi connectivity index (χ3n) is 14.5. The predicted octanol–water partition coefficient (Wildman–Crippen LogP) is 18.5. The van der Waals surface area contributed by atoms with Crippen LogP contribution < -0.4 is 4.90 Å². The Kier molecular flexibility index (Phi) is 10.1. The molecule has 0 aliphatic heterocycles. The molecule has 0 aromatic heterocycles. The first-order valence-electron chi connectivity index (χ1n) is 24.2. The molecular formula is C69H47N. The van der Waals surface area contributed by atoms with Gasteiger partial charge in [-0.3, -0.25) is 0 Å². The number of anilines is 3. The van der Waals surface area contributed by atoms with Crippen LogP contribution in [0.1, 0.15) is 22.3 Å². The zero-order chi connectivity index (χ0) is 46.4. The van der Waals surface area contributed by atoms with Crippen LogP contribution in [0.2, 0.25) is 0 Å². The SMILES string of the molecule is c1ccc(-c2ccc(N(c3cccc(-c4ccc5c(c4)c(-c4ccccc4)c(-c4ccccc4)c4ccccc45)c3)c3ccc4c(c3)C(c3ccccc3)(c3ccccc3)c3ccccc3-4)cc2)cc1. The van der Waals surface area contributed by atoms with E-state index in [1.54, 1.807) is 0 Å². The van der Waals surface area contributed by atoms with Gasteiger partial charge in [0.15, 0.2) is 0 Å². The maximum absolute atomic E-state index is 2.46. The summed E-state index contributed by atoms with van der Waals surface area (Å²) in [6.07, 6.45) is 0. The van der Waals surface area contributed by atoms with Gasteiger partial charge in [0.25, 0.3) is 0 Å². The second kappa shape index (κ2) is 17.2. The van der Waals surface area contributed by atoms with Crippen molar-refractivity contribution < 1.29 is 0 Å². The fraction of sp³-hybridized carbons (Fsp3) is 0.0145. The summed E-state index contributed by atoms with van der Waals surface area (Å²) in [4.78, 5) is 2.44. The van der Waals surface area contributed by atoms with Crippen molar-refractivity contribution in [1.82, 2.24) is 0 Å². The third kappa shape index (κ3) is 6.78. The van der Waals surface area contributed by atoms with Gasteiger partial charge in [-0.2, -0.15) is 0 Å². The van der Waals surface area contributed by atoms with Crippen LogP contribution in [0.25, 0.3) is 77.2 Å². The molecule has 0 bridgehead atoms. The van der Waals surface area contributed by atoms with Crippen molar-refractivity contribution in [2.75, 3.05) is 4.90 Å². The van der Waals surface area contributed by atoms with Crippen molar-refractivity contribution in [2.24, 2.45) is 0 Å². The summed E-state index contributed by atoms with van der Waals surface area (Å²) in [6.45, 7) is 0. The van der Waals surface area contributed by atoms with Gasteiger partial charge in [-0.1, -0.05) is 243 Å². The van der Waals surface area contributed by atoms with Gasteiger partial charge >= 0.3 is 0 Å². The number of nitrogens with zero attached hydrogens (tertiary/aromatic N) is 1. The highest BCUT2D eigenvalue weighted by Crippen LogP contribution is 2.57. The van der Waals surface area contributed by atoms with Crippen LogP contribution >= 0.6 is 0 Å². The molecule has 0 saturated heterocycles. The molecule has 12 aromatic carbocycles. The van der Waals surface area contributed by atoms with Crippen molar-refractivity contribution in [1.29, 1.82) is 0 Å². The molecule has 1 aliphatic rings. The molecule has 0 N–H and O–H groups in total. The van der Waals surface area contributed by atoms with E-state index >= 15 is 0 Å². The Hall–Kier alpha value is -9.04. The van der Waals surface area contributed by atoms with E-state index in [9.17, 15) is 0 Å². The largest absolute Gasteiger partial charge is 0.310 e. The lowest BCUT2D eigenvalue weighted by Gasteiger charge is -2.35. The van der Waals surface area contributed by atoms with Crippen molar-refractivity contribution in [3.63, 3.8) is 0 Å². The van der Waals surface area contributed by atoms with Crippen LogP contribution in [0.5, 0.6) is 0 Å². The number of benzene rings is 12. The van der Waals surface area contributed by atoms with Crippen molar-refractivity contribution in [2.45, 2.75) is 5.41 Å². The predicted molar refractivity (Wildman–Crippen MR) is 295 cm³/mol. The third-order valence-corrected chi connectivity index (χ3v) is 14.5. The smallest absolute Gasteiger partial charge is 0.0714 e. The number of fused-ring (bicyclic) bond motifs is 6. The molecule has 12 aromatic rings. The fourth-order valence-electron chi connectivity index (χ4n) is 11.5. The molecule has 0 saturated carbocycles. The fourth-order valence-corrected chi connectivity index (χ4v) is 11.5. The number of rotatable bonds is 9. The summed E-state index contributed by atoms with van der Waals surface area (Å²) in [5.41, 5.74) is 19.9. The molecule has 0 radical (unpaired) electrons. The Morgan fingerprint density at radius 1 is 0.229 bits per heavy atom. The molecule has 1 heteroatoms. The van der Waals surface area contributed by atoms with Gasteiger partial charge in [-0.25, -0.2) is 0 Å². The van der Waals surface area contributed by atoms with E-state index in [1.807, 2.05) is 0 Å². The lowest BCUT2D eigenvalue weighted by Crippen LogP contribution is -2.28. The van der Waals surface area contributed by atoms with Crippen LogP contribution in [0, 0.1) is 0 Å². The molecule has 0 heterocycles. The standard InChI is InChI=1S/C69H47N/c1-6-21-48(22-7-1)49-37-40-56(41-38-49)70(58-42-44-62-61-34-18-19-36-65(61)69(66(62)47-58,54-28-12-4-13-29-54)55-30-14-5-15-31-55)57-32-20-27-52(45-57)53-39-43-60-59-33-16-17-35-63(59)67(50-23-8-2-9-24-50)68(64(60)46-53)51-25-10-3-11-26-51/h1-47H. The van der Waals surface area contributed by atoms with E-state index in [1.165, 1.54) is 88.3 Å². The van der Waals surface area contributed by atoms with Crippen LogP contribution in [0.4, 0.5) is 17.1 Å². The number of hydrogen-bond donors (Lipinski definition) is 0. The first-order chi connectivity index (χ1) is 34.7. The summed E-state index contributed by atoms with van der Waals surface area (Å²) in [6, 6.07) is 105. The van der Waals surface area contributed by atoms with Gasteiger partial charge in [-0.05, 0) is 142 Å². The highest BCUT2D eigenvalue weighted by molar-refractivity contribution is 6.22. The van der Waals surface area contributed by atoms with Gasteiger partial charge in [0.2, 0.25) is 0 Å². The average Bonchev–Trinajstić information content (AvgIpc) is 3.74. The first kappa shape index (κ1) is 41.2. The molecule has 13 rings (SSSR count). The van der Waals surface area contributed by atoms with E-state index in [0.29, 0.717) is 0 Å². The topological polar surface area (TPSA) is 3.24 Å². The van der Waals surface area contributed by atoms with Crippen LogP contribution in [0.15, 0.2) is 285 Å². The molecule has 0 spiro atoms. The number of hydrogen-bond acceptors (Lipinski definition) is 1. The summed E-state index contributed by atoms with van der Waals surface area (Å²) < 4.78 is 0. The minimum atomic E-state index is -0.528. The van der Waals surface area contributed by atoms with Crippen molar-refractivity contribution in [3.8, 4) is 55.6 Å². The molecule has 1 aliphatic carbocycles. The van der Waals surface area contributed by atoms with Crippen LogP contribution in [0.3, 0.4) is 0 Å². The molecule has 328 valence electrons. The highest BCUT2D eigenvalue weighted by atomic mass is 15.1. The Bertz CT molecular complexity index is 3800. The average molecular weight is 890 g/mol. The highest BCUT2D eigenvalue weighted by Gasteiger charge is 2.46. The first-order valence-corrected chi connectivity index (χ1v) is 24.2. The maximum atomic E-state index is 2.46.